The summed E-state index contributed by atoms with van der Waals surface area (Å²) in [5.74, 6) is -1.20. The molecule has 0 saturated heterocycles. The van der Waals surface area contributed by atoms with Gasteiger partial charge in [0.15, 0.2) is 0 Å². The zero-order valence-corrected chi connectivity index (χ0v) is 9.67. The molecule has 1 N–H and O–H groups in total. The fraction of sp³-hybridized carbons (Fsp3) is 0.0714. The van der Waals surface area contributed by atoms with Crippen molar-refractivity contribution < 1.29 is 8.78 Å². The number of hydrogen-bond donors (Lipinski definition) is 1. The number of nitrogens with zero attached hydrogens (tertiary/aromatic N) is 1. The predicted molar refractivity (Wildman–Crippen MR) is 66.2 cm³/mol. The fourth-order valence-corrected chi connectivity index (χ4v) is 2.01. The first-order chi connectivity index (χ1) is 8.66. The first-order valence-electron chi connectivity index (χ1n) is 5.56. The second-order valence-corrected chi connectivity index (χ2v) is 4.16. The van der Waals surface area contributed by atoms with E-state index in [9.17, 15) is 8.78 Å². The fourth-order valence-electron chi connectivity index (χ4n) is 2.01. The molecule has 0 aliphatic rings. The molecule has 0 aliphatic heterocycles. The summed E-state index contributed by atoms with van der Waals surface area (Å²) in [5.41, 5.74) is 2.76. The molecule has 0 aliphatic carbocycles. The number of pyridine rings is 1. The SMILES string of the molecule is Cc1c[nH]c2ccc(-c3c(F)cccc3F)nc12. The van der Waals surface area contributed by atoms with Crippen LogP contribution in [-0.2, 0) is 0 Å². The van der Waals surface area contributed by atoms with Gasteiger partial charge in [0.05, 0.1) is 22.3 Å². The summed E-state index contributed by atoms with van der Waals surface area (Å²) >= 11 is 0. The average Bonchev–Trinajstić information content (AvgIpc) is 2.71. The number of benzene rings is 1. The molecule has 90 valence electrons. The Morgan fingerprint density at radius 1 is 1.06 bits per heavy atom. The molecule has 0 radical (unpaired) electrons. The summed E-state index contributed by atoms with van der Waals surface area (Å²) < 4.78 is 27.3. The standard InChI is InChI=1S/C14H10F2N2/c1-8-7-17-12-6-5-11(18-14(8)12)13-9(15)3-2-4-10(13)16/h2-7,17H,1H3. The van der Waals surface area contributed by atoms with Gasteiger partial charge in [0.25, 0.3) is 0 Å². The summed E-state index contributed by atoms with van der Waals surface area (Å²) in [6, 6.07) is 7.19. The van der Waals surface area contributed by atoms with Crippen LogP contribution < -0.4 is 0 Å². The molecule has 2 aromatic heterocycles. The molecule has 2 heterocycles. The maximum atomic E-state index is 13.7. The van der Waals surface area contributed by atoms with E-state index in [1.807, 2.05) is 13.1 Å². The van der Waals surface area contributed by atoms with E-state index >= 15 is 0 Å². The molecule has 18 heavy (non-hydrogen) atoms. The van der Waals surface area contributed by atoms with E-state index in [2.05, 4.69) is 9.97 Å². The smallest absolute Gasteiger partial charge is 0.135 e. The van der Waals surface area contributed by atoms with Gasteiger partial charge in [-0.15, -0.1) is 0 Å². The van der Waals surface area contributed by atoms with Crippen molar-refractivity contribution in [2.45, 2.75) is 6.92 Å². The highest BCUT2D eigenvalue weighted by Crippen LogP contribution is 2.26. The van der Waals surface area contributed by atoms with Gasteiger partial charge in [-0.1, -0.05) is 6.07 Å². The first-order valence-corrected chi connectivity index (χ1v) is 5.56. The quantitative estimate of drug-likeness (QED) is 0.692. The van der Waals surface area contributed by atoms with Crippen LogP contribution in [0.4, 0.5) is 8.78 Å². The largest absolute Gasteiger partial charge is 0.360 e. The Morgan fingerprint density at radius 3 is 2.50 bits per heavy atom. The van der Waals surface area contributed by atoms with Crippen molar-refractivity contribution in [1.82, 2.24) is 9.97 Å². The summed E-state index contributed by atoms with van der Waals surface area (Å²) in [6.07, 6.45) is 1.82. The second-order valence-electron chi connectivity index (χ2n) is 4.16. The number of aryl methyl sites for hydroxylation is 1. The first kappa shape index (κ1) is 10.9. The van der Waals surface area contributed by atoms with Gasteiger partial charge in [0, 0.05) is 6.20 Å². The molecule has 0 spiro atoms. The highest BCUT2D eigenvalue weighted by atomic mass is 19.1. The molecule has 0 fully saturated rings. The minimum atomic E-state index is -0.602. The Morgan fingerprint density at radius 2 is 1.78 bits per heavy atom. The van der Waals surface area contributed by atoms with Gasteiger partial charge in [0.2, 0.25) is 0 Å². The van der Waals surface area contributed by atoms with Gasteiger partial charge in [-0.3, -0.25) is 0 Å². The Bertz CT molecular complexity index is 711. The van der Waals surface area contributed by atoms with E-state index < -0.39 is 11.6 Å². The third-order valence-corrected chi connectivity index (χ3v) is 2.93. The topological polar surface area (TPSA) is 28.7 Å². The molecule has 0 amide bonds. The van der Waals surface area contributed by atoms with Crippen molar-refractivity contribution in [3.8, 4) is 11.3 Å². The summed E-state index contributed by atoms with van der Waals surface area (Å²) in [4.78, 5) is 7.36. The molecule has 1 aromatic carbocycles. The van der Waals surface area contributed by atoms with Crippen LogP contribution in [0.1, 0.15) is 5.56 Å². The van der Waals surface area contributed by atoms with Gasteiger partial charge >= 0.3 is 0 Å². The molecular formula is C14H10F2N2. The lowest BCUT2D eigenvalue weighted by Crippen LogP contribution is -1.92. The van der Waals surface area contributed by atoms with Crippen LogP contribution >= 0.6 is 0 Å². The number of rotatable bonds is 1. The van der Waals surface area contributed by atoms with Crippen LogP contribution in [0.2, 0.25) is 0 Å². The third kappa shape index (κ3) is 1.57. The maximum absolute atomic E-state index is 13.7. The summed E-state index contributed by atoms with van der Waals surface area (Å²) in [7, 11) is 0. The Labute approximate surface area is 102 Å². The van der Waals surface area contributed by atoms with Gasteiger partial charge in [0.1, 0.15) is 11.6 Å². The van der Waals surface area contributed by atoms with Crippen LogP contribution in [0.25, 0.3) is 22.3 Å². The van der Waals surface area contributed by atoms with Crippen LogP contribution in [0.3, 0.4) is 0 Å². The monoisotopic (exact) mass is 244 g/mol. The van der Waals surface area contributed by atoms with Crippen molar-refractivity contribution in [2.75, 3.05) is 0 Å². The molecule has 0 atom stereocenters. The molecule has 3 rings (SSSR count). The lowest BCUT2D eigenvalue weighted by atomic mass is 10.1. The highest BCUT2D eigenvalue weighted by molar-refractivity contribution is 5.81. The van der Waals surface area contributed by atoms with E-state index in [0.29, 0.717) is 5.69 Å². The number of hydrogen-bond acceptors (Lipinski definition) is 1. The van der Waals surface area contributed by atoms with Crippen LogP contribution in [0.15, 0.2) is 36.5 Å². The van der Waals surface area contributed by atoms with Gasteiger partial charge in [-0.2, -0.15) is 0 Å². The summed E-state index contributed by atoms with van der Waals surface area (Å²) in [6.45, 7) is 1.90. The van der Waals surface area contributed by atoms with Crippen molar-refractivity contribution in [3.05, 3.63) is 53.7 Å². The van der Waals surface area contributed by atoms with Crippen molar-refractivity contribution in [1.29, 1.82) is 0 Å². The van der Waals surface area contributed by atoms with Crippen molar-refractivity contribution >= 4 is 11.0 Å². The van der Waals surface area contributed by atoms with E-state index in [1.165, 1.54) is 18.2 Å². The maximum Gasteiger partial charge on any atom is 0.135 e. The number of halogens is 2. The lowest BCUT2D eigenvalue weighted by molar-refractivity contribution is 0.589. The van der Waals surface area contributed by atoms with E-state index in [1.54, 1.807) is 12.1 Å². The molecular weight excluding hydrogens is 234 g/mol. The predicted octanol–water partition coefficient (Wildman–Crippen LogP) is 3.82. The average molecular weight is 244 g/mol. The zero-order valence-electron chi connectivity index (χ0n) is 9.67. The number of fused-ring (bicyclic) bond motifs is 1. The number of nitrogens with one attached hydrogen (secondary N) is 1. The molecule has 2 nitrogen and oxygen atoms in total. The lowest BCUT2D eigenvalue weighted by Gasteiger charge is -2.04. The zero-order chi connectivity index (χ0) is 12.7. The minimum absolute atomic E-state index is 0.0833. The van der Waals surface area contributed by atoms with Gasteiger partial charge in [-0.25, -0.2) is 13.8 Å². The Kier molecular flexibility index (Phi) is 2.37. The minimum Gasteiger partial charge on any atom is -0.360 e. The summed E-state index contributed by atoms with van der Waals surface area (Å²) in [5, 5.41) is 0. The van der Waals surface area contributed by atoms with Crippen LogP contribution in [0, 0.1) is 18.6 Å². The van der Waals surface area contributed by atoms with E-state index in [-0.39, 0.29) is 5.56 Å². The van der Waals surface area contributed by atoms with Crippen LogP contribution in [0.5, 0.6) is 0 Å². The Hall–Kier alpha value is -2.23. The third-order valence-electron chi connectivity index (χ3n) is 2.93. The number of aromatic amines is 1. The molecule has 0 saturated carbocycles. The molecule has 3 aromatic rings. The molecule has 0 bridgehead atoms. The van der Waals surface area contributed by atoms with Gasteiger partial charge < -0.3 is 4.98 Å². The molecule has 4 heteroatoms. The molecule has 0 unspecified atom stereocenters. The van der Waals surface area contributed by atoms with Gasteiger partial charge in [-0.05, 0) is 36.8 Å². The Balaban J connectivity index is 2.28. The normalized spacial score (nSPS) is 11.1. The van der Waals surface area contributed by atoms with Crippen molar-refractivity contribution in [2.24, 2.45) is 0 Å². The number of aromatic nitrogens is 2. The van der Waals surface area contributed by atoms with Crippen LogP contribution in [-0.4, -0.2) is 9.97 Å². The van der Waals surface area contributed by atoms with E-state index in [0.717, 1.165) is 16.6 Å². The second kappa shape index (κ2) is 3.91. The van der Waals surface area contributed by atoms with E-state index in [4.69, 9.17) is 0 Å². The number of H-pyrrole nitrogens is 1. The van der Waals surface area contributed by atoms with Crippen molar-refractivity contribution in [3.63, 3.8) is 0 Å². The highest BCUT2D eigenvalue weighted by Gasteiger charge is 2.13.